The van der Waals surface area contributed by atoms with Crippen molar-refractivity contribution in [3.8, 4) is 0 Å². The van der Waals surface area contributed by atoms with Crippen LogP contribution in [0.25, 0.3) is 0 Å². The first-order chi connectivity index (χ1) is 19.0. The van der Waals surface area contributed by atoms with Crippen molar-refractivity contribution >= 4 is 23.4 Å². The molecule has 9 nitrogen and oxygen atoms in total. The molecule has 0 aliphatic heterocycles. The average molecular weight is 551 g/mol. The summed E-state index contributed by atoms with van der Waals surface area (Å²) in [6, 6.07) is 3.60. The second kappa shape index (κ2) is 10.7. The van der Waals surface area contributed by atoms with Gasteiger partial charge in [0.05, 0.1) is 12.5 Å². The normalized spacial score (nSPS) is 36.1. The predicted molar refractivity (Wildman–Crippen MR) is 144 cm³/mol. The quantitative estimate of drug-likeness (QED) is 0.419. The van der Waals surface area contributed by atoms with E-state index in [-0.39, 0.29) is 55.1 Å². The molecule has 1 aromatic heterocycles. The highest BCUT2D eigenvalue weighted by molar-refractivity contribution is 6.01. The minimum absolute atomic E-state index is 0.0125. The van der Waals surface area contributed by atoms with Gasteiger partial charge in [0.1, 0.15) is 5.60 Å². The summed E-state index contributed by atoms with van der Waals surface area (Å²) in [7, 11) is 0. The number of amides is 1. The molecule has 1 heterocycles. The van der Waals surface area contributed by atoms with Gasteiger partial charge in [-0.05, 0) is 67.7 Å². The maximum atomic E-state index is 13.4. The van der Waals surface area contributed by atoms with Crippen LogP contribution in [0.2, 0.25) is 0 Å². The zero-order valence-corrected chi connectivity index (χ0v) is 23.1. The standard InChI is InChI=1S/C31H38N2O7/c1-29-11-9-21(34)14-20(29)5-6-22-23-10-12-31(39,30(23,2)15-24(35)28(22)29)25(36)18-40-27(38)8-7-26(37)33-17-19-4-3-13-32-16-19/h3-4,9,11,13-14,16,22-24,28,35,39H,5-8,10,12,15,17-18H2,1-2H3,(H,33,37)/t22-,23-,24-,28+,29-,30-,31-/m0/s1. The summed E-state index contributed by atoms with van der Waals surface area (Å²) in [5.74, 6) is -1.60. The van der Waals surface area contributed by atoms with Gasteiger partial charge in [0.15, 0.2) is 12.4 Å². The summed E-state index contributed by atoms with van der Waals surface area (Å²) in [5, 5.41) is 25.9. The van der Waals surface area contributed by atoms with Crippen LogP contribution in [0, 0.1) is 28.6 Å². The smallest absolute Gasteiger partial charge is 0.306 e. The number of rotatable bonds is 8. The van der Waals surface area contributed by atoms with Gasteiger partial charge in [0.25, 0.3) is 0 Å². The molecule has 0 bridgehead atoms. The Bertz CT molecular complexity index is 1260. The Balaban J connectivity index is 1.18. The molecule has 214 valence electrons. The molecule has 9 heteroatoms. The molecule has 5 rings (SSSR count). The van der Waals surface area contributed by atoms with Crippen LogP contribution in [0.4, 0.5) is 0 Å². The van der Waals surface area contributed by atoms with Crippen molar-refractivity contribution < 1.29 is 34.1 Å². The fraction of sp³-hybridized carbons (Fsp3) is 0.581. The highest BCUT2D eigenvalue weighted by atomic mass is 16.5. The average Bonchev–Trinajstić information content (AvgIpc) is 3.20. The van der Waals surface area contributed by atoms with Crippen molar-refractivity contribution in [1.29, 1.82) is 0 Å². The number of carbonyl (C=O) groups excluding carboxylic acids is 4. The van der Waals surface area contributed by atoms with Gasteiger partial charge in [0.2, 0.25) is 11.7 Å². The van der Waals surface area contributed by atoms with E-state index in [2.05, 4.69) is 17.2 Å². The molecule has 1 amide bonds. The molecule has 0 unspecified atom stereocenters. The fourth-order valence-electron chi connectivity index (χ4n) is 8.13. The number of carbonyl (C=O) groups is 4. The molecular formula is C31H38N2O7. The number of ether oxygens (including phenoxy) is 1. The van der Waals surface area contributed by atoms with Crippen LogP contribution in [0.5, 0.6) is 0 Å². The molecule has 0 radical (unpaired) electrons. The molecule has 3 fully saturated rings. The Kier molecular flexibility index (Phi) is 7.56. The zero-order valence-electron chi connectivity index (χ0n) is 23.1. The van der Waals surface area contributed by atoms with E-state index in [1.807, 2.05) is 19.1 Å². The zero-order chi connectivity index (χ0) is 28.7. The molecule has 0 saturated heterocycles. The minimum Gasteiger partial charge on any atom is -0.458 e. The first-order valence-corrected chi connectivity index (χ1v) is 14.2. The lowest BCUT2D eigenvalue weighted by molar-refractivity contribution is -0.181. The number of Topliss-reactive ketones (excluding diaryl/α,β-unsaturated/α-hetero) is 1. The molecule has 3 N–H and O–H groups in total. The van der Waals surface area contributed by atoms with Gasteiger partial charge >= 0.3 is 5.97 Å². The Labute approximate surface area is 234 Å². The van der Waals surface area contributed by atoms with Gasteiger partial charge in [0, 0.05) is 42.1 Å². The molecule has 1 aromatic rings. The van der Waals surface area contributed by atoms with Crippen molar-refractivity contribution in [3.05, 3.63) is 53.9 Å². The van der Waals surface area contributed by atoms with Crippen molar-refractivity contribution in [2.75, 3.05) is 6.61 Å². The number of pyridine rings is 1. The lowest BCUT2D eigenvalue weighted by atomic mass is 9.46. The summed E-state index contributed by atoms with van der Waals surface area (Å²) >= 11 is 0. The third kappa shape index (κ3) is 4.83. The summed E-state index contributed by atoms with van der Waals surface area (Å²) in [6.07, 6.45) is 10.1. The van der Waals surface area contributed by atoms with Gasteiger partial charge < -0.3 is 20.3 Å². The third-order valence-corrected chi connectivity index (χ3v) is 10.2. The number of ketones is 2. The van der Waals surface area contributed by atoms with Crippen LogP contribution < -0.4 is 5.32 Å². The molecule has 3 saturated carbocycles. The second-order valence-electron chi connectivity index (χ2n) is 12.3. The first-order valence-electron chi connectivity index (χ1n) is 14.2. The largest absolute Gasteiger partial charge is 0.458 e. The van der Waals surface area contributed by atoms with E-state index < -0.39 is 40.9 Å². The Hall–Kier alpha value is -3.17. The number of hydrogen-bond acceptors (Lipinski definition) is 8. The van der Waals surface area contributed by atoms with Crippen LogP contribution in [-0.2, 0) is 30.5 Å². The number of aromatic nitrogens is 1. The van der Waals surface area contributed by atoms with Crippen molar-refractivity contribution in [3.63, 3.8) is 0 Å². The number of aliphatic hydroxyl groups excluding tert-OH is 1. The minimum atomic E-state index is -1.72. The predicted octanol–water partition coefficient (Wildman–Crippen LogP) is 2.60. The summed E-state index contributed by atoms with van der Waals surface area (Å²) in [5.41, 5.74) is -1.13. The van der Waals surface area contributed by atoms with Gasteiger partial charge in [-0.15, -0.1) is 0 Å². The lowest BCUT2D eigenvalue weighted by Gasteiger charge is -2.59. The summed E-state index contributed by atoms with van der Waals surface area (Å²) < 4.78 is 5.20. The van der Waals surface area contributed by atoms with E-state index >= 15 is 0 Å². The van der Waals surface area contributed by atoms with Crippen molar-refractivity contribution in [2.24, 2.45) is 28.6 Å². The van der Waals surface area contributed by atoms with E-state index in [9.17, 15) is 29.4 Å². The number of nitrogens with one attached hydrogen (secondary N) is 1. The second-order valence-corrected chi connectivity index (χ2v) is 12.3. The molecule has 7 atom stereocenters. The molecule has 0 aromatic carbocycles. The topological polar surface area (TPSA) is 143 Å². The number of hydrogen-bond donors (Lipinski definition) is 3. The van der Waals surface area contributed by atoms with Crippen LogP contribution in [0.3, 0.4) is 0 Å². The third-order valence-electron chi connectivity index (χ3n) is 10.2. The summed E-state index contributed by atoms with van der Waals surface area (Å²) in [6.45, 7) is 3.68. The van der Waals surface area contributed by atoms with E-state index in [0.717, 1.165) is 24.0 Å². The molecule has 4 aliphatic carbocycles. The Morgan fingerprint density at radius 2 is 2.00 bits per heavy atom. The fourth-order valence-corrected chi connectivity index (χ4v) is 8.13. The van der Waals surface area contributed by atoms with E-state index in [0.29, 0.717) is 13.0 Å². The van der Waals surface area contributed by atoms with E-state index in [4.69, 9.17) is 4.74 Å². The molecule has 40 heavy (non-hydrogen) atoms. The number of fused-ring (bicyclic) bond motifs is 5. The van der Waals surface area contributed by atoms with Crippen LogP contribution in [0.15, 0.2) is 48.3 Å². The number of aliphatic hydroxyl groups is 2. The van der Waals surface area contributed by atoms with Crippen molar-refractivity contribution in [2.45, 2.75) is 77.0 Å². The molecule has 4 aliphatic rings. The van der Waals surface area contributed by atoms with E-state index in [1.54, 1.807) is 30.6 Å². The highest BCUT2D eigenvalue weighted by Gasteiger charge is 2.68. The first kappa shape index (κ1) is 28.4. The van der Waals surface area contributed by atoms with E-state index in [1.165, 1.54) is 0 Å². The van der Waals surface area contributed by atoms with Crippen molar-refractivity contribution in [1.82, 2.24) is 10.3 Å². The van der Waals surface area contributed by atoms with Crippen LogP contribution in [-0.4, -0.2) is 57.0 Å². The number of nitrogens with zero attached hydrogens (tertiary/aromatic N) is 1. The monoisotopic (exact) mass is 550 g/mol. The van der Waals surface area contributed by atoms with Crippen LogP contribution in [0.1, 0.15) is 64.4 Å². The number of esters is 1. The lowest BCUT2D eigenvalue weighted by Crippen LogP contribution is -2.61. The SMILES string of the molecule is C[C@]12C=CC(=O)C=C1CC[C@@H]1[C@@H]2[C@@H](O)C[C@@]2(C)[C@H]1CC[C@]2(O)C(=O)COC(=O)CCC(=O)NCc1cccnc1. The maximum absolute atomic E-state index is 13.4. The van der Waals surface area contributed by atoms with Gasteiger partial charge in [-0.1, -0.05) is 31.6 Å². The van der Waals surface area contributed by atoms with Gasteiger partial charge in [-0.3, -0.25) is 24.2 Å². The Morgan fingerprint density at radius 1 is 1.20 bits per heavy atom. The van der Waals surface area contributed by atoms with Gasteiger partial charge in [-0.2, -0.15) is 0 Å². The van der Waals surface area contributed by atoms with Crippen LogP contribution >= 0.6 is 0 Å². The number of allylic oxidation sites excluding steroid dienone is 4. The maximum Gasteiger partial charge on any atom is 0.306 e. The molecule has 0 spiro atoms. The molecular weight excluding hydrogens is 512 g/mol. The Morgan fingerprint density at radius 3 is 2.75 bits per heavy atom. The van der Waals surface area contributed by atoms with Gasteiger partial charge in [-0.25, -0.2) is 0 Å². The highest BCUT2D eigenvalue weighted by Crippen LogP contribution is 2.67. The summed E-state index contributed by atoms with van der Waals surface area (Å²) in [4.78, 5) is 53.8.